The van der Waals surface area contributed by atoms with Crippen molar-refractivity contribution in [3.05, 3.63) is 35.9 Å². The Bertz CT molecular complexity index is 1170. The Morgan fingerprint density at radius 1 is 1.04 bits per heavy atom. The molecular weight excluding hydrogens is 602 g/mol. The number of likely N-dealkylation sites (tertiary alicyclic amines) is 1. The van der Waals surface area contributed by atoms with E-state index in [1.54, 1.807) is 16.8 Å². The Balaban J connectivity index is 0.000000385. The number of imide groups is 1. The second-order valence-electron chi connectivity index (χ2n) is 14.7. The van der Waals surface area contributed by atoms with Gasteiger partial charge in [-0.1, -0.05) is 43.7 Å². The number of carbonyl (C=O) groups excluding carboxylic acids is 3. The second-order valence-corrected chi connectivity index (χ2v) is 14.7. The second kappa shape index (κ2) is 16.7. The van der Waals surface area contributed by atoms with Gasteiger partial charge in [-0.05, 0) is 95.6 Å². The highest BCUT2D eigenvalue weighted by Crippen LogP contribution is 2.56. The van der Waals surface area contributed by atoms with Crippen molar-refractivity contribution in [1.29, 1.82) is 0 Å². The van der Waals surface area contributed by atoms with E-state index in [2.05, 4.69) is 42.2 Å². The van der Waals surface area contributed by atoms with Crippen LogP contribution in [0.3, 0.4) is 0 Å². The Kier molecular flexibility index (Phi) is 13.2. The molecular formula is C37H58F2N4O4. The van der Waals surface area contributed by atoms with Crippen molar-refractivity contribution in [3.8, 4) is 0 Å². The maximum Gasteiger partial charge on any atom is 0.327 e. The molecule has 10 heteroatoms. The number of ether oxygens (including phenoxy) is 1. The maximum atomic E-state index is 13.9. The summed E-state index contributed by atoms with van der Waals surface area (Å²) in [4.78, 5) is 43.7. The number of urea groups is 1. The summed E-state index contributed by atoms with van der Waals surface area (Å²) >= 11 is 0. The van der Waals surface area contributed by atoms with Crippen molar-refractivity contribution in [2.75, 3.05) is 33.4 Å². The number of carbonyl (C=O) groups is 3. The van der Waals surface area contributed by atoms with Crippen molar-refractivity contribution in [3.63, 3.8) is 0 Å². The molecule has 0 aromatic heterocycles. The minimum atomic E-state index is -2.56. The predicted octanol–water partition coefficient (Wildman–Crippen LogP) is 6.66. The number of amides is 4. The number of hydrogen-bond acceptors (Lipinski definition) is 5. The minimum absolute atomic E-state index is 0.0242. The molecule has 2 saturated heterocycles. The first-order chi connectivity index (χ1) is 22.4. The third-order valence-corrected chi connectivity index (χ3v) is 11.2. The van der Waals surface area contributed by atoms with Gasteiger partial charge in [0, 0.05) is 57.0 Å². The van der Waals surface area contributed by atoms with E-state index in [-0.39, 0.29) is 61.5 Å². The van der Waals surface area contributed by atoms with Gasteiger partial charge in [0.15, 0.2) is 0 Å². The highest BCUT2D eigenvalue weighted by atomic mass is 19.3. The molecule has 2 N–H and O–H groups in total. The van der Waals surface area contributed by atoms with E-state index < -0.39 is 11.8 Å². The zero-order valence-corrected chi connectivity index (χ0v) is 29.1. The number of primary amides is 1. The standard InChI is InChI=1S/C30H47N3O3.C7H11F2NO/c1-5-10-25(28(34)33(26-16-20-36-21-26)29(35)31(4)23(2)3)14-17-30-18-15-27(30)32(22-30)19-9-13-24-11-7-6-8-12-24;8-7(9)3-1-5(2-4-7)6(10)11/h6-8,11-12,23,25-27H,5,9-10,13-22H2,1-4H3;5H,1-4H2,(H2,10,11). The van der Waals surface area contributed by atoms with Crippen molar-refractivity contribution >= 4 is 17.8 Å². The quantitative estimate of drug-likeness (QED) is 0.256. The largest absolute Gasteiger partial charge is 0.379 e. The first-order valence-electron chi connectivity index (χ1n) is 18.0. The summed E-state index contributed by atoms with van der Waals surface area (Å²) < 4.78 is 30.6. The zero-order valence-electron chi connectivity index (χ0n) is 29.1. The third-order valence-electron chi connectivity index (χ3n) is 11.2. The molecule has 264 valence electrons. The number of nitrogens with zero attached hydrogens (tertiary/aromatic N) is 3. The number of hydrogen-bond donors (Lipinski definition) is 1. The van der Waals surface area contributed by atoms with Gasteiger partial charge in [-0.3, -0.25) is 19.4 Å². The lowest BCUT2D eigenvalue weighted by molar-refractivity contribution is -0.159. The Labute approximate surface area is 280 Å². The molecule has 4 amide bonds. The van der Waals surface area contributed by atoms with Crippen LogP contribution in [0.15, 0.2) is 30.3 Å². The van der Waals surface area contributed by atoms with Gasteiger partial charge < -0.3 is 15.4 Å². The molecule has 1 aromatic rings. The molecule has 47 heavy (non-hydrogen) atoms. The number of fused-ring (bicyclic) bond motifs is 1. The highest BCUT2D eigenvalue weighted by Gasteiger charge is 2.58. The molecule has 2 heterocycles. The topological polar surface area (TPSA) is 96.2 Å². The normalized spacial score (nSPS) is 25.9. The van der Waals surface area contributed by atoms with E-state index in [4.69, 9.17) is 10.5 Å². The summed E-state index contributed by atoms with van der Waals surface area (Å²) in [6, 6.07) is 11.2. The smallest absolute Gasteiger partial charge is 0.327 e. The molecule has 0 spiro atoms. The van der Waals surface area contributed by atoms with Gasteiger partial charge in [-0.2, -0.15) is 0 Å². The maximum absolute atomic E-state index is 13.9. The number of benzene rings is 1. The molecule has 8 nitrogen and oxygen atoms in total. The van der Waals surface area contributed by atoms with Gasteiger partial charge in [0.2, 0.25) is 17.7 Å². The lowest BCUT2D eigenvalue weighted by Crippen LogP contribution is -2.70. The van der Waals surface area contributed by atoms with Gasteiger partial charge >= 0.3 is 6.03 Å². The first kappa shape index (κ1) is 37.2. The van der Waals surface area contributed by atoms with Gasteiger partial charge in [0.25, 0.3) is 0 Å². The number of aryl methyl sites for hydroxylation is 1. The lowest BCUT2D eigenvalue weighted by atomic mass is 9.54. The van der Waals surface area contributed by atoms with Crippen molar-refractivity contribution in [2.45, 2.75) is 128 Å². The molecule has 4 atom stereocenters. The molecule has 4 aliphatic rings. The average molecular weight is 661 g/mol. The van der Waals surface area contributed by atoms with E-state index in [1.165, 1.54) is 37.9 Å². The zero-order chi connectivity index (χ0) is 34.2. The lowest BCUT2D eigenvalue weighted by Gasteiger charge is -2.66. The van der Waals surface area contributed by atoms with E-state index in [0.29, 0.717) is 24.7 Å². The summed E-state index contributed by atoms with van der Waals surface area (Å²) in [6.45, 7) is 9.57. The first-order valence-corrected chi connectivity index (χ1v) is 18.0. The van der Waals surface area contributed by atoms with E-state index >= 15 is 0 Å². The molecule has 4 unspecified atom stereocenters. The fourth-order valence-electron chi connectivity index (χ4n) is 7.84. The van der Waals surface area contributed by atoms with Crippen LogP contribution >= 0.6 is 0 Å². The van der Waals surface area contributed by atoms with Gasteiger partial charge in [-0.25, -0.2) is 13.6 Å². The Morgan fingerprint density at radius 3 is 2.28 bits per heavy atom. The Hall–Kier alpha value is -2.59. The third kappa shape index (κ3) is 9.52. The van der Waals surface area contributed by atoms with Crippen molar-refractivity contribution < 1.29 is 27.9 Å². The van der Waals surface area contributed by atoms with E-state index in [9.17, 15) is 23.2 Å². The van der Waals surface area contributed by atoms with Gasteiger partial charge in [0.05, 0.1) is 12.6 Å². The molecule has 0 radical (unpaired) electrons. The van der Waals surface area contributed by atoms with Crippen LogP contribution in [0.4, 0.5) is 13.6 Å². The summed E-state index contributed by atoms with van der Waals surface area (Å²) in [7, 11) is 1.80. The summed E-state index contributed by atoms with van der Waals surface area (Å²) in [5.74, 6) is -3.39. The fraction of sp³-hybridized carbons (Fsp3) is 0.757. The van der Waals surface area contributed by atoms with Crippen LogP contribution in [0.2, 0.25) is 0 Å². The van der Waals surface area contributed by atoms with Crippen LogP contribution in [0, 0.1) is 17.3 Å². The number of halogens is 2. The molecule has 2 saturated carbocycles. The van der Waals surface area contributed by atoms with Gasteiger partial charge in [-0.15, -0.1) is 0 Å². The van der Waals surface area contributed by atoms with Crippen LogP contribution in [0.5, 0.6) is 0 Å². The van der Waals surface area contributed by atoms with Crippen LogP contribution in [-0.4, -0.2) is 89.9 Å². The minimum Gasteiger partial charge on any atom is -0.379 e. The van der Waals surface area contributed by atoms with E-state index in [0.717, 1.165) is 38.5 Å². The van der Waals surface area contributed by atoms with Crippen molar-refractivity contribution in [2.24, 2.45) is 23.0 Å². The Morgan fingerprint density at radius 2 is 1.74 bits per heavy atom. The molecule has 0 bridgehead atoms. The molecule has 4 fully saturated rings. The number of alkyl halides is 2. The number of piperidine rings is 1. The molecule has 2 aliphatic carbocycles. The fourth-order valence-corrected chi connectivity index (χ4v) is 7.84. The van der Waals surface area contributed by atoms with Crippen LogP contribution < -0.4 is 5.73 Å². The summed E-state index contributed by atoms with van der Waals surface area (Å²) in [6.07, 6.45) is 9.57. The monoisotopic (exact) mass is 660 g/mol. The molecule has 5 rings (SSSR count). The van der Waals surface area contributed by atoms with E-state index in [1.807, 2.05) is 13.8 Å². The van der Waals surface area contributed by atoms with Crippen LogP contribution in [0.25, 0.3) is 0 Å². The van der Waals surface area contributed by atoms with Crippen LogP contribution in [-0.2, 0) is 20.7 Å². The molecule has 2 aliphatic heterocycles. The number of rotatable bonds is 13. The highest BCUT2D eigenvalue weighted by molar-refractivity contribution is 5.96. The summed E-state index contributed by atoms with van der Waals surface area (Å²) in [5.41, 5.74) is 6.80. The van der Waals surface area contributed by atoms with Crippen LogP contribution in [0.1, 0.15) is 103 Å². The average Bonchev–Trinajstić information content (AvgIpc) is 3.56. The van der Waals surface area contributed by atoms with Crippen molar-refractivity contribution in [1.82, 2.24) is 14.7 Å². The van der Waals surface area contributed by atoms with Gasteiger partial charge in [0.1, 0.15) is 0 Å². The number of nitrogens with two attached hydrogens (primary N) is 1. The predicted molar refractivity (Wildman–Crippen MR) is 180 cm³/mol. The molecule has 1 aromatic carbocycles. The summed E-state index contributed by atoms with van der Waals surface area (Å²) in [5, 5.41) is 0. The SMILES string of the molecule is CCCC(CCC12CCC1N(CCCc1ccccc1)C2)C(=O)N(C(=O)N(C)C(C)C)C1CCOC1.NC(=O)C1CCC(F)(F)CC1.